The smallest absolute Gasteiger partial charge is 0.472 e. The lowest BCUT2D eigenvalue weighted by Gasteiger charge is -2.41. The zero-order valence-corrected chi connectivity index (χ0v) is 29.4. The van der Waals surface area contributed by atoms with Crippen LogP contribution in [-0.2, 0) is 52.5 Å². The normalized spacial score (nSPS) is 21.6. The quantitative estimate of drug-likeness (QED) is 0.168. The van der Waals surface area contributed by atoms with Crippen LogP contribution in [0.4, 0.5) is 0 Å². The van der Waals surface area contributed by atoms with Gasteiger partial charge in [0.25, 0.3) is 0 Å². The minimum Gasteiger partial charge on any atom is -0.480 e. The van der Waals surface area contributed by atoms with Gasteiger partial charge >= 0.3 is 37.7 Å². The standard InChI is InChI=1S/C34H44N3O14P/c38-29(39)18-35-15-16-36(19-30(40)41)21-32(44)48-24-49-33(45)22-37(20-31(42)43)27(17-35)23-50-52(46,47)51-28-11-13-34(14-12-28,25-7-3-1-4-8-25)26-9-5-2-6-10-26/h1-10,27-28H,11-24H2,(H,38,39)(H,40,41)(H,42,43)(H,46,47). The minimum atomic E-state index is -4.80. The van der Waals surface area contributed by atoms with E-state index in [0.717, 1.165) is 16.0 Å². The topological polar surface area (TPSA) is 230 Å². The van der Waals surface area contributed by atoms with Crippen molar-refractivity contribution < 1.29 is 67.3 Å². The zero-order chi connectivity index (χ0) is 37.7. The molecule has 1 saturated carbocycles. The van der Waals surface area contributed by atoms with E-state index in [1.54, 1.807) is 0 Å². The Bertz CT molecular complexity index is 1530. The van der Waals surface area contributed by atoms with Crippen molar-refractivity contribution in [3.63, 3.8) is 0 Å². The summed E-state index contributed by atoms with van der Waals surface area (Å²) < 4.78 is 34.2. The van der Waals surface area contributed by atoms with Gasteiger partial charge < -0.3 is 29.7 Å². The largest absolute Gasteiger partial charge is 0.480 e. The number of carboxylic acid groups (broad SMARTS) is 3. The molecule has 2 atom stereocenters. The van der Waals surface area contributed by atoms with E-state index in [4.69, 9.17) is 18.5 Å². The SMILES string of the molecule is O=C(O)CN1CCN(CC(=O)O)CC(COP(=O)(O)OC2CCC(c3ccccc3)(c3ccccc3)CC2)N(CC(=O)O)CC(=O)OCOC(=O)C1. The van der Waals surface area contributed by atoms with Crippen LogP contribution in [0.3, 0.4) is 0 Å². The number of phosphoric ester groups is 1. The molecule has 1 heterocycles. The van der Waals surface area contributed by atoms with E-state index in [0.29, 0.717) is 25.7 Å². The highest BCUT2D eigenvalue weighted by molar-refractivity contribution is 7.47. The van der Waals surface area contributed by atoms with Crippen LogP contribution in [0.5, 0.6) is 0 Å². The molecule has 4 rings (SSSR count). The second-order valence-corrected chi connectivity index (χ2v) is 14.1. The number of nitrogens with zero attached hydrogens (tertiary/aromatic N) is 3. The fourth-order valence-corrected chi connectivity index (χ4v) is 7.63. The monoisotopic (exact) mass is 749 g/mol. The second-order valence-electron chi connectivity index (χ2n) is 12.7. The lowest BCUT2D eigenvalue weighted by Crippen LogP contribution is -2.52. The van der Waals surface area contributed by atoms with Gasteiger partial charge in [0.1, 0.15) is 0 Å². The van der Waals surface area contributed by atoms with Gasteiger partial charge in [0.2, 0.25) is 6.79 Å². The van der Waals surface area contributed by atoms with E-state index >= 15 is 0 Å². The molecule has 2 aliphatic rings. The lowest BCUT2D eigenvalue weighted by molar-refractivity contribution is -0.169. The number of rotatable bonds is 13. The van der Waals surface area contributed by atoms with Crippen LogP contribution in [0.25, 0.3) is 0 Å². The summed E-state index contributed by atoms with van der Waals surface area (Å²) in [5.41, 5.74) is 1.89. The Morgan fingerprint density at radius 3 is 1.81 bits per heavy atom. The third-order valence-corrected chi connectivity index (χ3v) is 10.1. The van der Waals surface area contributed by atoms with Crippen LogP contribution >= 0.6 is 7.82 Å². The first kappa shape index (κ1) is 40.5. The predicted octanol–water partition coefficient (Wildman–Crippen LogP) is 1.63. The third kappa shape index (κ3) is 12.5. The summed E-state index contributed by atoms with van der Waals surface area (Å²) >= 11 is 0. The zero-order valence-electron chi connectivity index (χ0n) is 28.5. The molecule has 4 N–H and O–H groups in total. The van der Waals surface area contributed by atoms with Crippen LogP contribution in [0, 0.1) is 0 Å². The van der Waals surface area contributed by atoms with Gasteiger partial charge in [-0.2, -0.15) is 0 Å². The fraction of sp³-hybridized carbons (Fsp3) is 0.500. The lowest BCUT2D eigenvalue weighted by atomic mass is 9.65. The number of carbonyl (C=O) groups excluding carboxylic acids is 2. The van der Waals surface area contributed by atoms with E-state index < -0.39 is 95.9 Å². The molecule has 52 heavy (non-hydrogen) atoms. The Morgan fingerprint density at radius 1 is 0.769 bits per heavy atom. The van der Waals surface area contributed by atoms with Gasteiger partial charge in [-0.05, 0) is 36.8 Å². The molecule has 17 nitrogen and oxygen atoms in total. The molecule has 2 fully saturated rings. The molecule has 18 heteroatoms. The van der Waals surface area contributed by atoms with Crippen LogP contribution < -0.4 is 0 Å². The van der Waals surface area contributed by atoms with Gasteiger partial charge in [0.05, 0.1) is 45.4 Å². The summed E-state index contributed by atoms with van der Waals surface area (Å²) in [7, 11) is -4.80. The van der Waals surface area contributed by atoms with Crippen molar-refractivity contribution in [3.05, 3.63) is 71.8 Å². The fourth-order valence-electron chi connectivity index (χ4n) is 6.62. The molecule has 1 aliphatic carbocycles. The van der Waals surface area contributed by atoms with E-state index in [1.807, 2.05) is 36.4 Å². The molecule has 0 aromatic heterocycles. The molecule has 2 unspecified atom stereocenters. The van der Waals surface area contributed by atoms with Crippen molar-refractivity contribution >= 4 is 37.7 Å². The minimum absolute atomic E-state index is 0.127. The Balaban J connectivity index is 1.51. The first-order valence-corrected chi connectivity index (χ1v) is 18.2. The van der Waals surface area contributed by atoms with Crippen molar-refractivity contribution in [3.8, 4) is 0 Å². The molecular formula is C34H44N3O14P. The van der Waals surface area contributed by atoms with Gasteiger partial charge in [-0.25, -0.2) is 4.57 Å². The summed E-state index contributed by atoms with van der Waals surface area (Å²) in [6.07, 6.45) is 1.41. The number of esters is 2. The van der Waals surface area contributed by atoms with Crippen molar-refractivity contribution in [1.29, 1.82) is 0 Å². The predicted molar refractivity (Wildman–Crippen MR) is 181 cm³/mol. The second kappa shape index (κ2) is 19.0. The molecule has 1 saturated heterocycles. The Hall–Kier alpha value is -4.22. The highest BCUT2D eigenvalue weighted by atomic mass is 31.2. The summed E-state index contributed by atoms with van der Waals surface area (Å²) in [4.78, 5) is 74.4. The number of benzene rings is 2. The number of cyclic esters (lactones) is 2. The number of hydrogen-bond acceptors (Lipinski definition) is 13. The molecule has 284 valence electrons. The number of carbonyl (C=O) groups is 5. The van der Waals surface area contributed by atoms with Gasteiger partial charge in [0.15, 0.2) is 0 Å². The molecule has 0 amide bonds. The van der Waals surface area contributed by atoms with Crippen molar-refractivity contribution in [2.24, 2.45) is 0 Å². The van der Waals surface area contributed by atoms with Crippen LogP contribution in [0.2, 0.25) is 0 Å². The molecule has 0 spiro atoms. The van der Waals surface area contributed by atoms with E-state index in [-0.39, 0.29) is 25.0 Å². The third-order valence-electron chi connectivity index (χ3n) is 9.05. The van der Waals surface area contributed by atoms with Crippen LogP contribution in [0.15, 0.2) is 60.7 Å². The van der Waals surface area contributed by atoms with Gasteiger partial charge in [-0.15, -0.1) is 0 Å². The number of aliphatic carboxylic acids is 3. The molecule has 2 aromatic carbocycles. The molecular weight excluding hydrogens is 705 g/mol. The average Bonchev–Trinajstić information content (AvgIpc) is 3.08. The Morgan fingerprint density at radius 2 is 1.27 bits per heavy atom. The van der Waals surface area contributed by atoms with Gasteiger partial charge in [-0.1, -0.05) is 60.7 Å². The Labute approximate surface area is 300 Å². The van der Waals surface area contributed by atoms with Crippen LogP contribution in [0.1, 0.15) is 36.8 Å². The van der Waals surface area contributed by atoms with Gasteiger partial charge in [-0.3, -0.25) is 47.7 Å². The highest BCUT2D eigenvalue weighted by Crippen LogP contribution is 2.51. The maximum Gasteiger partial charge on any atom is 0.472 e. The summed E-state index contributed by atoms with van der Waals surface area (Å²) in [6, 6.07) is 18.8. The summed E-state index contributed by atoms with van der Waals surface area (Å²) in [5, 5.41) is 28.6. The van der Waals surface area contributed by atoms with Gasteiger partial charge in [0, 0.05) is 31.1 Å². The molecule has 0 radical (unpaired) electrons. The molecule has 1 aliphatic heterocycles. The van der Waals surface area contributed by atoms with E-state index in [9.17, 15) is 48.8 Å². The van der Waals surface area contributed by atoms with Crippen molar-refractivity contribution in [1.82, 2.24) is 14.7 Å². The maximum absolute atomic E-state index is 13.4. The number of phosphoric acid groups is 1. The molecule has 0 bridgehead atoms. The number of ether oxygens (including phenoxy) is 2. The number of carboxylic acids is 3. The Kier molecular flexibility index (Phi) is 14.8. The van der Waals surface area contributed by atoms with E-state index in [1.165, 1.54) is 9.80 Å². The maximum atomic E-state index is 13.4. The van der Waals surface area contributed by atoms with Crippen LogP contribution in [-0.4, -0.2) is 143 Å². The average molecular weight is 750 g/mol. The molecule has 2 aromatic rings. The highest BCUT2D eigenvalue weighted by Gasteiger charge is 2.41. The number of hydrogen-bond donors (Lipinski definition) is 4. The summed E-state index contributed by atoms with van der Waals surface area (Å²) in [6.45, 7) is -5.26. The van der Waals surface area contributed by atoms with Crippen molar-refractivity contribution in [2.45, 2.75) is 43.2 Å². The first-order valence-electron chi connectivity index (χ1n) is 16.7. The summed E-state index contributed by atoms with van der Waals surface area (Å²) in [5.74, 6) is -5.87. The first-order chi connectivity index (χ1) is 24.7. The van der Waals surface area contributed by atoms with E-state index in [2.05, 4.69) is 24.3 Å². The van der Waals surface area contributed by atoms with Crippen molar-refractivity contribution in [2.75, 3.05) is 65.8 Å².